The first kappa shape index (κ1) is 13.3. The quantitative estimate of drug-likeness (QED) is 0.809. The van der Waals surface area contributed by atoms with E-state index in [1.165, 1.54) is 24.8 Å². The Bertz CT molecular complexity index is 367. The molecule has 1 aliphatic rings. The first-order chi connectivity index (χ1) is 8.79. The number of hydrogen-bond acceptors (Lipinski definition) is 4. The van der Waals surface area contributed by atoms with Crippen molar-refractivity contribution in [3.8, 4) is 0 Å². The van der Waals surface area contributed by atoms with Gasteiger partial charge < -0.3 is 10.2 Å². The van der Waals surface area contributed by atoms with Crippen LogP contribution < -0.4 is 10.2 Å². The van der Waals surface area contributed by atoms with Gasteiger partial charge in [0, 0.05) is 13.1 Å². The van der Waals surface area contributed by atoms with Crippen molar-refractivity contribution >= 4 is 5.82 Å². The molecule has 0 spiro atoms. The normalized spacial score (nSPS) is 20.1. The van der Waals surface area contributed by atoms with Crippen LogP contribution in [0.25, 0.3) is 0 Å². The van der Waals surface area contributed by atoms with E-state index in [9.17, 15) is 0 Å². The smallest absolute Gasteiger partial charge is 0.151 e. The summed E-state index contributed by atoms with van der Waals surface area (Å²) in [5.41, 5.74) is 1.19. The summed E-state index contributed by atoms with van der Waals surface area (Å²) < 4.78 is 0. The van der Waals surface area contributed by atoms with Gasteiger partial charge >= 0.3 is 0 Å². The fourth-order valence-electron chi connectivity index (χ4n) is 2.53. The molecule has 1 aliphatic heterocycles. The van der Waals surface area contributed by atoms with Crippen LogP contribution in [-0.4, -0.2) is 36.4 Å². The van der Waals surface area contributed by atoms with Gasteiger partial charge in [0.1, 0.15) is 0 Å². The third-order valence-corrected chi connectivity index (χ3v) is 3.48. The molecule has 0 amide bonds. The van der Waals surface area contributed by atoms with E-state index in [0.29, 0.717) is 0 Å². The Hall–Kier alpha value is -1.16. The number of anilines is 1. The average molecular weight is 248 g/mol. The Kier molecular flexibility index (Phi) is 4.93. The molecule has 0 bridgehead atoms. The fraction of sp³-hybridized carbons (Fsp3) is 0.714. The SMILES string of the molecule is CCCNCC1CCCN(c2cc(C)cnn2)C1. The van der Waals surface area contributed by atoms with Gasteiger partial charge in [-0.05, 0) is 56.8 Å². The minimum atomic E-state index is 0.743. The highest BCUT2D eigenvalue weighted by atomic mass is 15.3. The zero-order valence-electron chi connectivity index (χ0n) is 11.5. The molecular weight excluding hydrogens is 224 g/mol. The minimum absolute atomic E-state index is 0.743. The van der Waals surface area contributed by atoms with Gasteiger partial charge in [-0.25, -0.2) is 0 Å². The van der Waals surface area contributed by atoms with Crippen molar-refractivity contribution in [3.05, 3.63) is 17.8 Å². The number of piperidine rings is 1. The number of aryl methyl sites for hydroxylation is 1. The number of nitrogens with one attached hydrogen (secondary N) is 1. The molecule has 2 heterocycles. The van der Waals surface area contributed by atoms with E-state index in [1.54, 1.807) is 0 Å². The van der Waals surface area contributed by atoms with E-state index >= 15 is 0 Å². The van der Waals surface area contributed by atoms with Crippen molar-refractivity contribution in [2.75, 3.05) is 31.1 Å². The molecule has 0 aliphatic carbocycles. The van der Waals surface area contributed by atoms with Crippen LogP contribution in [0.5, 0.6) is 0 Å². The molecule has 1 aromatic heterocycles. The summed E-state index contributed by atoms with van der Waals surface area (Å²) in [5.74, 6) is 1.78. The molecular formula is C14H24N4. The van der Waals surface area contributed by atoms with Gasteiger partial charge in [0.15, 0.2) is 5.82 Å². The highest BCUT2D eigenvalue weighted by Crippen LogP contribution is 2.21. The van der Waals surface area contributed by atoms with Gasteiger partial charge in [0.25, 0.3) is 0 Å². The molecule has 1 fully saturated rings. The van der Waals surface area contributed by atoms with Crippen molar-refractivity contribution in [1.29, 1.82) is 0 Å². The van der Waals surface area contributed by atoms with E-state index < -0.39 is 0 Å². The topological polar surface area (TPSA) is 41.0 Å². The summed E-state index contributed by atoms with van der Waals surface area (Å²) in [4.78, 5) is 2.38. The molecule has 1 saturated heterocycles. The highest BCUT2D eigenvalue weighted by molar-refractivity contribution is 5.39. The standard InChI is InChI=1S/C14H24N4/c1-3-6-15-10-13-5-4-7-18(11-13)14-8-12(2)9-16-17-14/h8-9,13,15H,3-7,10-11H2,1-2H3. The van der Waals surface area contributed by atoms with Crippen LogP contribution in [0.4, 0.5) is 5.82 Å². The lowest BCUT2D eigenvalue weighted by Crippen LogP contribution is -2.40. The van der Waals surface area contributed by atoms with Crippen molar-refractivity contribution in [2.45, 2.75) is 33.1 Å². The summed E-state index contributed by atoms with van der Waals surface area (Å²) >= 11 is 0. The highest BCUT2D eigenvalue weighted by Gasteiger charge is 2.20. The van der Waals surface area contributed by atoms with E-state index in [-0.39, 0.29) is 0 Å². The molecule has 0 saturated carbocycles. The second kappa shape index (κ2) is 6.69. The summed E-state index contributed by atoms with van der Waals surface area (Å²) in [7, 11) is 0. The van der Waals surface area contributed by atoms with Crippen LogP contribution in [0.3, 0.4) is 0 Å². The Labute approximate surface area is 110 Å². The maximum Gasteiger partial charge on any atom is 0.151 e. The van der Waals surface area contributed by atoms with Crippen molar-refractivity contribution in [1.82, 2.24) is 15.5 Å². The summed E-state index contributed by atoms with van der Waals surface area (Å²) in [6.07, 6.45) is 5.61. The largest absolute Gasteiger partial charge is 0.355 e. The summed E-state index contributed by atoms with van der Waals surface area (Å²) in [6, 6.07) is 2.13. The lowest BCUT2D eigenvalue weighted by molar-refractivity contribution is 0.390. The van der Waals surface area contributed by atoms with Gasteiger partial charge in [0.05, 0.1) is 6.20 Å². The van der Waals surface area contributed by atoms with Gasteiger partial charge in [-0.3, -0.25) is 0 Å². The Balaban J connectivity index is 1.90. The van der Waals surface area contributed by atoms with Crippen LogP contribution in [0.1, 0.15) is 31.7 Å². The molecule has 0 aromatic carbocycles. The molecule has 0 radical (unpaired) electrons. The molecule has 4 nitrogen and oxygen atoms in total. The van der Waals surface area contributed by atoms with Crippen LogP contribution >= 0.6 is 0 Å². The minimum Gasteiger partial charge on any atom is -0.355 e. The predicted octanol–water partition coefficient (Wildman–Crippen LogP) is 2.00. The van der Waals surface area contributed by atoms with Gasteiger partial charge in [-0.15, -0.1) is 5.10 Å². The summed E-state index contributed by atoms with van der Waals surface area (Å²) in [5, 5.41) is 11.8. The van der Waals surface area contributed by atoms with Crippen LogP contribution in [0, 0.1) is 12.8 Å². The predicted molar refractivity (Wildman–Crippen MR) is 74.9 cm³/mol. The third kappa shape index (κ3) is 3.67. The van der Waals surface area contributed by atoms with Gasteiger partial charge in [0.2, 0.25) is 0 Å². The maximum atomic E-state index is 4.25. The van der Waals surface area contributed by atoms with Crippen molar-refractivity contribution in [3.63, 3.8) is 0 Å². The molecule has 1 atom stereocenters. The number of nitrogens with zero attached hydrogens (tertiary/aromatic N) is 3. The number of hydrogen-bond donors (Lipinski definition) is 1. The van der Waals surface area contributed by atoms with Crippen LogP contribution in [0.2, 0.25) is 0 Å². The van der Waals surface area contributed by atoms with Crippen LogP contribution in [-0.2, 0) is 0 Å². The molecule has 4 heteroatoms. The first-order valence-corrected chi connectivity index (χ1v) is 7.04. The van der Waals surface area contributed by atoms with E-state index in [0.717, 1.165) is 37.9 Å². The Morgan fingerprint density at radius 3 is 3.17 bits per heavy atom. The molecule has 1 aromatic rings. The fourth-order valence-corrected chi connectivity index (χ4v) is 2.53. The number of aromatic nitrogens is 2. The molecule has 1 unspecified atom stereocenters. The third-order valence-electron chi connectivity index (χ3n) is 3.48. The average Bonchev–Trinajstić information content (AvgIpc) is 2.39. The number of rotatable bonds is 5. The van der Waals surface area contributed by atoms with E-state index in [1.807, 2.05) is 6.20 Å². The molecule has 18 heavy (non-hydrogen) atoms. The zero-order chi connectivity index (χ0) is 12.8. The zero-order valence-corrected chi connectivity index (χ0v) is 11.5. The molecule has 100 valence electrons. The Morgan fingerprint density at radius 2 is 2.39 bits per heavy atom. The van der Waals surface area contributed by atoms with Crippen LogP contribution in [0.15, 0.2) is 12.3 Å². The van der Waals surface area contributed by atoms with Crippen molar-refractivity contribution < 1.29 is 0 Å². The molecule has 1 N–H and O–H groups in total. The Morgan fingerprint density at radius 1 is 1.50 bits per heavy atom. The van der Waals surface area contributed by atoms with E-state index in [4.69, 9.17) is 0 Å². The summed E-state index contributed by atoms with van der Waals surface area (Å²) in [6.45, 7) is 8.76. The van der Waals surface area contributed by atoms with Crippen molar-refractivity contribution in [2.24, 2.45) is 5.92 Å². The lowest BCUT2D eigenvalue weighted by Gasteiger charge is -2.33. The molecule has 2 rings (SSSR count). The first-order valence-electron chi connectivity index (χ1n) is 7.04. The van der Waals surface area contributed by atoms with Gasteiger partial charge in [-0.1, -0.05) is 6.92 Å². The monoisotopic (exact) mass is 248 g/mol. The second-order valence-corrected chi connectivity index (χ2v) is 5.25. The lowest BCUT2D eigenvalue weighted by atomic mass is 9.98. The van der Waals surface area contributed by atoms with Gasteiger partial charge in [-0.2, -0.15) is 5.10 Å². The second-order valence-electron chi connectivity index (χ2n) is 5.25. The van der Waals surface area contributed by atoms with E-state index in [2.05, 4.69) is 40.3 Å². The maximum absolute atomic E-state index is 4.25.